The van der Waals surface area contributed by atoms with Crippen molar-refractivity contribution in [2.75, 3.05) is 0 Å². The predicted molar refractivity (Wildman–Crippen MR) is 59.6 cm³/mol. The lowest BCUT2D eigenvalue weighted by molar-refractivity contribution is -0.110. The molecule has 3 rings (SSSR count). The Labute approximate surface area is 92.7 Å². The molecule has 16 heavy (non-hydrogen) atoms. The van der Waals surface area contributed by atoms with Gasteiger partial charge in [-0.2, -0.15) is 0 Å². The van der Waals surface area contributed by atoms with Crippen molar-refractivity contribution in [1.82, 2.24) is 15.3 Å². The fourth-order valence-corrected chi connectivity index (χ4v) is 1.95. The van der Waals surface area contributed by atoms with Crippen molar-refractivity contribution in [3.05, 3.63) is 36.3 Å². The molecule has 0 aliphatic heterocycles. The molecule has 1 amide bonds. The van der Waals surface area contributed by atoms with E-state index in [4.69, 9.17) is 0 Å². The molecule has 0 spiro atoms. The summed E-state index contributed by atoms with van der Waals surface area (Å²) < 4.78 is 0. The highest BCUT2D eigenvalue weighted by Gasteiger charge is 2.45. The number of aromatic nitrogens is 2. The summed E-state index contributed by atoms with van der Waals surface area (Å²) in [5.74, 6) is 0. The largest absolute Gasteiger partial charge is 0.348 e. The minimum absolute atomic E-state index is 0.216. The lowest BCUT2D eigenvalue weighted by Crippen LogP contribution is -2.28. The maximum atomic E-state index is 10.5. The number of carbonyl (C=O) groups excluding carboxylic acids is 1. The molecule has 4 heteroatoms. The maximum Gasteiger partial charge on any atom is 0.207 e. The number of hydrogen-bond acceptors (Lipinski definition) is 3. The van der Waals surface area contributed by atoms with Gasteiger partial charge in [-0.1, -0.05) is 6.07 Å². The number of carbonyl (C=O) groups is 1. The number of nitrogens with one attached hydrogen (secondary N) is 1. The summed E-state index contributed by atoms with van der Waals surface area (Å²) in [7, 11) is 0. The van der Waals surface area contributed by atoms with Crippen LogP contribution in [0.25, 0.3) is 10.9 Å². The first-order valence-corrected chi connectivity index (χ1v) is 5.27. The third-order valence-electron chi connectivity index (χ3n) is 3.07. The minimum Gasteiger partial charge on any atom is -0.348 e. The van der Waals surface area contributed by atoms with E-state index in [1.54, 1.807) is 12.4 Å². The third kappa shape index (κ3) is 1.34. The fourth-order valence-electron chi connectivity index (χ4n) is 1.95. The molecule has 1 aliphatic rings. The number of nitrogens with zero attached hydrogens (tertiary/aromatic N) is 2. The van der Waals surface area contributed by atoms with E-state index in [9.17, 15) is 4.79 Å². The maximum absolute atomic E-state index is 10.5. The van der Waals surface area contributed by atoms with Crippen LogP contribution in [0.2, 0.25) is 0 Å². The van der Waals surface area contributed by atoms with Crippen LogP contribution in [-0.2, 0) is 10.3 Å². The Morgan fingerprint density at radius 2 is 2.19 bits per heavy atom. The summed E-state index contributed by atoms with van der Waals surface area (Å²) in [5, 5.41) is 3.92. The highest BCUT2D eigenvalue weighted by atomic mass is 16.1. The van der Waals surface area contributed by atoms with Crippen molar-refractivity contribution in [2.45, 2.75) is 18.4 Å². The highest BCUT2D eigenvalue weighted by molar-refractivity contribution is 5.77. The van der Waals surface area contributed by atoms with E-state index in [2.05, 4.69) is 15.3 Å². The summed E-state index contributed by atoms with van der Waals surface area (Å²) in [6.07, 6.45) is 6.17. The second-order valence-corrected chi connectivity index (χ2v) is 4.11. The monoisotopic (exact) mass is 213 g/mol. The van der Waals surface area contributed by atoms with Crippen LogP contribution in [0.1, 0.15) is 18.5 Å². The van der Waals surface area contributed by atoms with Gasteiger partial charge in [-0.05, 0) is 25.0 Å². The summed E-state index contributed by atoms with van der Waals surface area (Å²) in [4.78, 5) is 19.1. The molecule has 4 nitrogen and oxygen atoms in total. The van der Waals surface area contributed by atoms with Gasteiger partial charge in [-0.15, -0.1) is 0 Å². The number of hydrogen-bond donors (Lipinski definition) is 1. The Morgan fingerprint density at radius 3 is 2.94 bits per heavy atom. The van der Waals surface area contributed by atoms with Crippen molar-refractivity contribution in [3.63, 3.8) is 0 Å². The molecule has 80 valence electrons. The Hall–Kier alpha value is -1.97. The first-order chi connectivity index (χ1) is 7.84. The Bertz CT molecular complexity index is 549. The van der Waals surface area contributed by atoms with Gasteiger partial charge in [-0.25, -0.2) is 4.98 Å². The van der Waals surface area contributed by atoms with Gasteiger partial charge in [0.15, 0.2) is 0 Å². The molecule has 0 saturated heterocycles. The smallest absolute Gasteiger partial charge is 0.207 e. The average molecular weight is 213 g/mol. The van der Waals surface area contributed by atoms with Gasteiger partial charge in [0.1, 0.15) is 0 Å². The molecule has 0 aromatic carbocycles. The lowest BCUT2D eigenvalue weighted by atomic mass is 10.1. The Kier molecular flexibility index (Phi) is 1.89. The standard InChI is InChI=1S/C12H11N3O/c16-8-14-12(4-5-12)11-2-1-9-3-6-13-7-10(9)15-11/h1-3,6-8H,4-5H2,(H,14,16). The Balaban J connectivity index is 2.08. The third-order valence-corrected chi connectivity index (χ3v) is 3.07. The summed E-state index contributed by atoms with van der Waals surface area (Å²) in [5.41, 5.74) is 1.59. The molecular weight excluding hydrogens is 202 g/mol. The van der Waals surface area contributed by atoms with Gasteiger partial charge in [0.25, 0.3) is 0 Å². The van der Waals surface area contributed by atoms with Crippen LogP contribution in [0.4, 0.5) is 0 Å². The van der Waals surface area contributed by atoms with Crippen LogP contribution in [0.15, 0.2) is 30.6 Å². The van der Waals surface area contributed by atoms with Crippen molar-refractivity contribution in [1.29, 1.82) is 0 Å². The molecule has 1 aliphatic carbocycles. The van der Waals surface area contributed by atoms with E-state index in [1.807, 2.05) is 18.2 Å². The number of rotatable bonds is 3. The van der Waals surface area contributed by atoms with Crippen molar-refractivity contribution < 1.29 is 4.79 Å². The highest BCUT2D eigenvalue weighted by Crippen LogP contribution is 2.44. The van der Waals surface area contributed by atoms with E-state index in [0.29, 0.717) is 0 Å². The van der Waals surface area contributed by atoms with Crippen LogP contribution in [0.3, 0.4) is 0 Å². The van der Waals surface area contributed by atoms with E-state index in [-0.39, 0.29) is 5.54 Å². The molecule has 1 saturated carbocycles. The van der Waals surface area contributed by atoms with Crippen LogP contribution in [0.5, 0.6) is 0 Å². The number of pyridine rings is 2. The van der Waals surface area contributed by atoms with Crippen LogP contribution < -0.4 is 5.32 Å². The molecule has 2 aromatic heterocycles. The van der Waals surface area contributed by atoms with Gasteiger partial charge >= 0.3 is 0 Å². The molecule has 2 aromatic rings. The molecule has 1 N–H and O–H groups in total. The van der Waals surface area contributed by atoms with Crippen LogP contribution in [0, 0.1) is 0 Å². The van der Waals surface area contributed by atoms with Crippen molar-refractivity contribution in [3.8, 4) is 0 Å². The van der Waals surface area contributed by atoms with E-state index < -0.39 is 0 Å². The second kappa shape index (κ2) is 3.27. The quantitative estimate of drug-likeness (QED) is 0.783. The molecule has 0 bridgehead atoms. The summed E-state index contributed by atoms with van der Waals surface area (Å²) in [6, 6.07) is 5.93. The van der Waals surface area contributed by atoms with Crippen molar-refractivity contribution >= 4 is 17.3 Å². The summed E-state index contributed by atoms with van der Waals surface area (Å²) >= 11 is 0. The van der Waals surface area contributed by atoms with Gasteiger partial charge in [0.05, 0.1) is 22.9 Å². The van der Waals surface area contributed by atoms with Gasteiger partial charge in [-0.3, -0.25) is 9.78 Å². The lowest BCUT2D eigenvalue weighted by Gasteiger charge is -2.13. The zero-order chi connectivity index (χ0) is 11.0. The Morgan fingerprint density at radius 1 is 1.31 bits per heavy atom. The second-order valence-electron chi connectivity index (χ2n) is 4.11. The van der Waals surface area contributed by atoms with Gasteiger partial charge < -0.3 is 5.32 Å². The first-order valence-electron chi connectivity index (χ1n) is 5.27. The first kappa shape index (κ1) is 9.27. The molecule has 0 radical (unpaired) electrons. The normalized spacial score (nSPS) is 17.0. The molecule has 0 atom stereocenters. The zero-order valence-corrected chi connectivity index (χ0v) is 8.68. The molecule has 0 unspecified atom stereocenters. The van der Waals surface area contributed by atoms with Gasteiger partial charge in [0, 0.05) is 11.6 Å². The predicted octanol–water partition coefficient (Wildman–Crippen LogP) is 1.36. The molecule has 1 fully saturated rings. The van der Waals surface area contributed by atoms with Crippen molar-refractivity contribution in [2.24, 2.45) is 0 Å². The van der Waals surface area contributed by atoms with Gasteiger partial charge in [0.2, 0.25) is 6.41 Å². The van der Waals surface area contributed by atoms with E-state index in [1.165, 1.54) is 0 Å². The zero-order valence-electron chi connectivity index (χ0n) is 8.68. The SMILES string of the molecule is O=CNC1(c2ccc3ccncc3n2)CC1. The topological polar surface area (TPSA) is 54.9 Å². The van der Waals surface area contributed by atoms with E-state index >= 15 is 0 Å². The fraction of sp³-hybridized carbons (Fsp3) is 0.250. The van der Waals surface area contributed by atoms with E-state index in [0.717, 1.165) is 35.8 Å². The van der Waals surface area contributed by atoms with Crippen LogP contribution >= 0.6 is 0 Å². The number of amides is 1. The van der Waals surface area contributed by atoms with Crippen LogP contribution in [-0.4, -0.2) is 16.4 Å². The average Bonchev–Trinajstić information content (AvgIpc) is 3.10. The molecule has 2 heterocycles. The molecular formula is C12H11N3O. The summed E-state index contributed by atoms with van der Waals surface area (Å²) in [6.45, 7) is 0. The minimum atomic E-state index is -0.216. The number of fused-ring (bicyclic) bond motifs is 1.